The average Bonchev–Trinajstić information content (AvgIpc) is 3.39. The number of pyridine rings is 1. The van der Waals surface area contributed by atoms with Crippen molar-refractivity contribution in [3.8, 4) is 0 Å². The van der Waals surface area contributed by atoms with Crippen LogP contribution in [0.4, 0.5) is 4.39 Å². The van der Waals surface area contributed by atoms with Gasteiger partial charge in [-0.3, -0.25) is 9.78 Å². The number of rotatable bonds is 3. The molecular weight excluding hydrogens is 362 g/mol. The van der Waals surface area contributed by atoms with E-state index in [1.807, 2.05) is 0 Å². The molecule has 2 aliphatic rings. The predicted octanol–water partition coefficient (Wildman–Crippen LogP) is 4.70. The van der Waals surface area contributed by atoms with Gasteiger partial charge in [-0.15, -0.1) is 0 Å². The molecule has 2 aliphatic carbocycles. The molecular formula is C19H17Cl2FN2O. The number of amides is 1. The van der Waals surface area contributed by atoms with Gasteiger partial charge >= 0.3 is 0 Å². The molecule has 0 unspecified atom stereocenters. The number of alkyl halides is 1. The summed E-state index contributed by atoms with van der Waals surface area (Å²) >= 11 is 12.0. The third-order valence-corrected chi connectivity index (χ3v) is 5.94. The molecule has 1 aromatic heterocycles. The van der Waals surface area contributed by atoms with Crippen molar-refractivity contribution in [1.29, 1.82) is 0 Å². The van der Waals surface area contributed by atoms with E-state index in [2.05, 4.69) is 10.3 Å². The molecule has 0 radical (unpaired) electrons. The van der Waals surface area contributed by atoms with Gasteiger partial charge in [0.1, 0.15) is 0 Å². The number of hydrogen-bond acceptors (Lipinski definition) is 2. The fourth-order valence-electron chi connectivity index (χ4n) is 3.67. The van der Waals surface area contributed by atoms with Crippen molar-refractivity contribution in [1.82, 2.24) is 10.3 Å². The van der Waals surface area contributed by atoms with Crippen molar-refractivity contribution in [2.75, 3.05) is 0 Å². The molecule has 1 heterocycles. The summed E-state index contributed by atoms with van der Waals surface area (Å²) in [5.74, 6) is -0.636. The Bertz CT molecular complexity index is 853. The molecule has 6 heteroatoms. The van der Waals surface area contributed by atoms with E-state index in [0.29, 0.717) is 27.6 Å². The molecule has 3 nitrogen and oxygen atoms in total. The van der Waals surface area contributed by atoms with Gasteiger partial charge in [-0.2, -0.15) is 0 Å². The highest BCUT2D eigenvalue weighted by Gasteiger charge is 2.57. The molecule has 1 atom stereocenters. The zero-order valence-electron chi connectivity index (χ0n) is 13.5. The number of nitrogens with zero attached hydrogens (tertiary/aromatic N) is 1. The van der Waals surface area contributed by atoms with Crippen molar-refractivity contribution in [3.63, 3.8) is 0 Å². The number of carbonyl (C=O) groups is 1. The zero-order valence-corrected chi connectivity index (χ0v) is 15.0. The normalized spacial score (nSPS) is 23.2. The molecule has 1 saturated carbocycles. The minimum absolute atomic E-state index is 0.00799. The van der Waals surface area contributed by atoms with Gasteiger partial charge in [-0.05, 0) is 49.4 Å². The number of halogens is 3. The Kier molecular flexibility index (Phi) is 4.00. The molecule has 0 saturated heterocycles. The Morgan fingerprint density at radius 3 is 2.68 bits per heavy atom. The molecule has 2 aromatic rings. The number of hydrogen-bond donors (Lipinski definition) is 1. The Morgan fingerprint density at radius 2 is 1.96 bits per heavy atom. The minimum Gasteiger partial charge on any atom is -0.349 e. The molecule has 0 aliphatic heterocycles. The Morgan fingerprint density at radius 1 is 1.20 bits per heavy atom. The number of benzene rings is 1. The first-order valence-corrected chi connectivity index (χ1v) is 9.07. The first-order valence-electron chi connectivity index (χ1n) is 8.32. The van der Waals surface area contributed by atoms with E-state index in [1.54, 1.807) is 36.5 Å². The van der Waals surface area contributed by atoms with Gasteiger partial charge in [0.15, 0.2) is 0 Å². The van der Waals surface area contributed by atoms with Crippen molar-refractivity contribution >= 4 is 29.1 Å². The second-order valence-electron chi connectivity index (χ2n) is 6.90. The van der Waals surface area contributed by atoms with Crippen LogP contribution in [0.5, 0.6) is 0 Å². The molecule has 0 bridgehead atoms. The molecule has 1 fully saturated rings. The van der Waals surface area contributed by atoms with Crippen molar-refractivity contribution < 1.29 is 9.18 Å². The predicted molar refractivity (Wildman–Crippen MR) is 95.5 cm³/mol. The third kappa shape index (κ3) is 2.81. The zero-order chi connectivity index (χ0) is 17.7. The first kappa shape index (κ1) is 16.8. The highest BCUT2D eigenvalue weighted by molar-refractivity contribution is 6.35. The van der Waals surface area contributed by atoms with Crippen LogP contribution in [0.15, 0.2) is 36.5 Å². The van der Waals surface area contributed by atoms with Crippen LogP contribution in [-0.4, -0.2) is 10.9 Å². The van der Waals surface area contributed by atoms with Crippen molar-refractivity contribution in [3.05, 3.63) is 63.4 Å². The van der Waals surface area contributed by atoms with Crippen LogP contribution in [0.25, 0.3) is 0 Å². The lowest BCUT2D eigenvalue weighted by Gasteiger charge is -2.34. The number of aromatic nitrogens is 1. The minimum atomic E-state index is -2.05. The van der Waals surface area contributed by atoms with Crippen LogP contribution >= 0.6 is 23.2 Å². The summed E-state index contributed by atoms with van der Waals surface area (Å²) in [5.41, 5.74) is -0.187. The van der Waals surface area contributed by atoms with Crippen molar-refractivity contribution in [2.24, 2.45) is 0 Å². The van der Waals surface area contributed by atoms with E-state index in [1.165, 1.54) is 0 Å². The summed E-state index contributed by atoms with van der Waals surface area (Å²) < 4.78 is 15.7. The Balaban J connectivity index is 1.57. The quantitative estimate of drug-likeness (QED) is 0.841. The number of fused-ring (bicyclic) bond motifs is 2. The van der Waals surface area contributed by atoms with E-state index in [9.17, 15) is 4.79 Å². The molecule has 4 rings (SSSR count). The van der Waals surface area contributed by atoms with Crippen LogP contribution in [0.2, 0.25) is 10.0 Å². The maximum atomic E-state index is 15.7. The molecule has 25 heavy (non-hydrogen) atoms. The fraction of sp³-hybridized carbons (Fsp3) is 0.368. The van der Waals surface area contributed by atoms with Crippen molar-refractivity contribution in [2.45, 2.75) is 43.3 Å². The smallest absolute Gasteiger partial charge is 0.262 e. The highest BCUT2D eigenvalue weighted by atomic mass is 35.5. The lowest BCUT2D eigenvalue weighted by atomic mass is 9.75. The summed E-state index contributed by atoms with van der Waals surface area (Å²) in [6.07, 6.45) is 4.56. The SMILES string of the molecule is O=C(NCc1ccc(Cl)cc1Cl)[C@@]1(F)CCC2(CC2)c2ncccc21. The van der Waals surface area contributed by atoms with Gasteiger partial charge in [0.05, 0.1) is 5.69 Å². The van der Waals surface area contributed by atoms with Gasteiger partial charge in [0, 0.05) is 33.8 Å². The van der Waals surface area contributed by atoms with E-state index in [4.69, 9.17) is 23.2 Å². The van der Waals surface area contributed by atoms with E-state index < -0.39 is 11.6 Å². The second-order valence-corrected chi connectivity index (χ2v) is 7.74. The third-order valence-electron chi connectivity index (χ3n) is 5.35. The molecule has 1 N–H and O–H groups in total. The maximum Gasteiger partial charge on any atom is 0.262 e. The van der Waals surface area contributed by atoms with Gasteiger partial charge in [0.2, 0.25) is 5.67 Å². The van der Waals surface area contributed by atoms with Crippen LogP contribution in [0, 0.1) is 0 Å². The lowest BCUT2D eigenvalue weighted by Crippen LogP contribution is -2.45. The summed E-state index contributed by atoms with van der Waals surface area (Å²) in [6.45, 7) is 0.154. The van der Waals surface area contributed by atoms with E-state index in [0.717, 1.165) is 18.5 Å². The number of carbonyl (C=O) groups excluding carboxylic acids is 1. The van der Waals surface area contributed by atoms with Gasteiger partial charge in [-0.25, -0.2) is 4.39 Å². The van der Waals surface area contributed by atoms with Gasteiger partial charge < -0.3 is 5.32 Å². The number of nitrogens with one attached hydrogen (secondary N) is 1. The molecule has 1 spiro atoms. The summed E-state index contributed by atoms with van der Waals surface area (Å²) in [4.78, 5) is 17.1. The van der Waals surface area contributed by atoms with E-state index in [-0.39, 0.29) is 18.4 Å². The van der Waals surface area contributed by atoms with Crippen LogP contribution in [-0.2, 0) is 22.4 Å². The second kappa shape index (κ2) is 5.96. The van der Waals surface area contributed by atoms with Crippen LogP contribution < -0.4 is 5.32 Å². The summed E-state index contributed by atoms with van der Waals surface area (Å²) in [7, 11) is 0. The average molecular weight is 379 g/mol. The molecule has 130 valence electrons. The monoisotopic (exact) mass is 378 g/mol. The standard InChI is InChI=1S/C19H17Cl2FN2O/c20-13-4-3-12(15(21)10-13)11-24-17(25)19(22)8-7-18(5-6-18)16-14(19)2-1-9-23-16/h1-4,9-10H,5-8,11H2,(H,24,25)/t19-/m1/s1. The highest BCUT2D eigenvalue weighted by Crippen LogP contribution is 2.58. The Labute approximate surface area is 155 Å². The summed E-state index contributed by atoms with van der Waals surface area (Å²) in [6, 6.07) is 8.41. The van der Waals surface area contributed by atoms with Gasteiger partial charge in [0.25, 0.3) is 5.91 Å². The largest absolute Gasteiger partial charge is 0.349 e. The summed E-state index contributed by atoms with van der Waals surface area (Å²) in [5, 5.41) is 3.65. The fourth-order valence-corrected chi connectivity index (χ4v) is 4.14. The first-order chi connectivity index (χ1) is 11.9. The molecule has 1 aromatic carbocycles. The van der Waals surface area contributed by atoms with E-state index >= 15 is 4.39 Å². The van der Waals surface area contributed by atoms with Crippen LogP contribution in [0.3, 0.4) is 0 Å². The lowest BCUT2D eigenvalue weighted by molar-refractivity contribution is -0.135. The van der Waals surface area contributed by atoms with Gasteiger partial charge in [-0.1, -0.05) is 35.3 Å². The Hall–Kier alpha value is -1.65. The van der Waals surface area contributed by atoms with Crippen LogP contribution in [0.1, 0.15) is 42.5 Å². The molecule has 1 amide bonds. The topological polar surface area (TPSA) is 42.0 Å². The maximum absolute atomic E-state index is 15.7.